The van der Waals surface area contributed by atoms with Gasteiger partial charge in [0.15, 0.2) is 0 Å². The predicted octanol–water partition coefficient (Wildman–Crippen LogP) is 3.81. The van der Waals surface area contributed by atoms with E-state index in [2.05, 4.69) is 0 Å². The maximum Gasteiger partial charge on any atom is 0.245 e. The van der Waals surface area contributed by atoms with Crippen molar-refractivity contribution in [3.63, 3.8) is 0 Å². The molecule has 20 heavy (non-hydrogen) atoms. The van der Waals surface area contributed by atoms with Crippen molar-refractivity contribution in [2.75, 3.05) is 6.54 Å². The molecule has 0 unspecified atom stereocenters. The average molecular weight is 330 g/mol. The first-order valence-electron chi connectivity index (χ1n) is 6.67. The molecule has 0 bridgehead atoms. The molecular formula is C14H16ClNO2S2. The van der Waals surface area contributed by atoms with Crippen molar-refractivity contribution in [3.05, 3.63) is 29.1 Å². The second-order valence-corrected chi connectivity index (χ2v) is 8.16. The molecule has 1 fully saturated rings. The summed E-state index contributed by atoms with van der Waals surface area (Å²) in [6.07, 6.45) is 1.93. The molecule has 108 valence electrons. The lowest BCUT2D eigenvalue weighted by Gasteiger charge is -2.20. The van der Waals surface area contributed by atoms with Gasteiger partial charge in [-0.2, -0.15) is 4.31 Å². The molecule has 0 aliphatic heterocycles. The highest BCUT2D eigenvalue weighted by molar-refractivity contribution is 7.89. The third kappa shape index (κ3) is 2.26. The van der Waals surface area contributed by atoms with Crippen LogP contribution in [0.2, 0.25) is 0 Å². The summed E-state index contributed by atoms with van der Waals surface area (Å²) in [4.78, 5) is 1.16. The van der Waals surface area contributed by atoms with E-state index >= 15 is 0 Å². The first-order valence-corrected chi connectivity index (χ1v) is 9.47. The van der Waals surface area contributed by atoms with Crippen LogP contribution in [0.5, 0.6) is 0 Å². The zero-order chi connectivity index (χ0) is 14.3. The third-order valence-electron chi connectivity index (χ3n) is 3.57. The SMILES string of the molecule is CCN(C1CC1)S(=O)(=O)c1c(CCl)sc2ccccc12. The number of hydrogen-bond donors (Lipinski definition) is 0. The molecule has 3 rings (SSSR count). The minimum absolute atomic E-state index is 0.173. The number of thiophene rings is 1. The van der Waals surface area contributed by atoms with Crippen LogP contribution in [0.1, 0.15) is 24.6 Å². The summed E-state index contributed by atoms with van der Waals surface area (Å²) in [6.45, 7) is 2.41. The molecule has 0 atom stereocenters. The van der Waals surface area contributed by atoms with E-state index in [0.29, 0.717) is 11.4 Å². The fourth-order valence-electron chi connectivity index (χ4n) is 2.55. The topological polar surface area (TPSA) is 37.4 Å². The molecule has 1 aliphatic carbocycles. The Hall–Kier alpha value is -0.620. The molecule has 0 saturated heterocycles. The van der Waals surface area contributed by atoms with Crippen LogP contribution in [-0.4, -0.2) is 25.3 Å². The fourth-order valence-corrected chi connectivity index (χ4v) is 6.37. The van der Waals surface area contributed by atoms with Gasteiger partial charge in [0, 0.05) is 27.5 Å². The summed E-state index contributed by atoms with van der Waals surface area (Å²) < 4.78 is 28.5. The number of rotatable bonds is 5. The lowest BCUT2D eigenvalue weighted by atomic mass is 10.2. The summed E-state index contributed by atoms with van der Waals surface area (Å²) in [5, 5.41) is 0.798. The largest absolute Gasteiger partial charge is 0.245 e. The molecule has 0 spiro atoms. The van der Waals surface area contributed by atoms with Crippen LogP contribution in [-0.2, 0) is 15.9 Å². The molecule has 1 heterocycles. The molecule has 0 amide bonds. The number of nitrogens with zero attached hydrogens (tertiary/aromatic N) is 1. The lowest BCUT2D eigenvalue weighted by molar-refractivity contribution is 0.421. The molecule has 1 aromatic carbocycles. The normalized spacial score (nSPS) is 16.1. The molecule has 1 aromatic heterocycles. The zero-order valence-electron chi connectivity index (χ0n) is 11.2. The van der Waals surface area contributed by atoms with E-state index in [-0.39, 0.29) is 11.9 Å². The predicted molar refractivity (Wildman–Crippen MR) is 84.0 cm³/mol. The zero-order valence-corrected chi connectivity index (χ0v) is 13.6. The highest BCUT2D eigenvalue weighted by atomic mass is 35.5. The van der Waals surface area contributed by atoms with Gasteiger partial charge in [0.25, 0.3) is 0 Å². The maximum atomic E-state index is 13.0. The van der Waals surface area contributed by atoms with Gasteiger partial charge in [-0.3, -0.25) is 0 Å². The quantitative estimate of drug-likeness (QED) is 0.782. The molecule has 1 saturated carbocycles. The maximum absolute atomic E-state index is 13.0. The van der Waals surface area contributed by atoms with Gasteiger partial charge in [-0.15, -0.1) is 22.9 Å². The van der Waals surface area contributed by atoms with E-state index in [1.165, 1.54) is 11.3 Å². The van der Waals surface area contributed by atoms with E-state index in [1.54, 1.807) is 4.31 Å². The number of fused-ring (bicyclic) bond motifs is 1. The van der Waals surface area contributed by atoms with Crippen molar-refractivity contribution in [2.45, 2.75) is 36.6 Å². The fraction of sp³-hybridized carbons (Fsp3) is 0.429. The summed E-state index contributed by atoms with van der Waals surface area (Å²) in [5.74, 6) is 0.232. The van der Waals surface area contributed by atoms with Crippen LogP contribution < -0.4 is 0 Å². The average Bonchev–Trinajstić information content (AvgIpc) is 3.17. The molecular weight excluding hydrogens is 314 g/mol. The summed E-state index contributed by atoms with van der Waals surface area (Å²) in [7, 11) is -3.45. The van der Waals surface area contributed by atoms with Gasteiger partial charge >= 0.3 is 0 Å². The Labute approximate surface area is 128 Å². The Morgan fingerprint density at radius 3 is 2.65 bits per heavy atom. The van der Waals surface area contributed by atoms with Gasteiger partial charge < -0.3 is 0 Å². The van der Waals surface area contributed by atoms with Crippen molar-refractivity contribution in [1.82, 2.24) is 4.31 Å². The van der Waals surface area contributed by atoms with Crippen LogP contribution in [0.4, 0.5) is 0 Å². The Balaban J connectivity index is 2.21. The van der Waals surface area contributed by atoms with Gasteiger partial charge in [0.05, 0.1) is 5.88 Å². The van der Waals surface area contributed by atoms with Crippen molar-refractivity contribution in [2.24, 2.45) is 0 Å². The summed E-state index contributed by atoms with van der Waals surface area (Å²) >= 11 is 7.45. The minimum atomic E-state index is -3.45. The van der Waals surface area contributed by atoms with E-state index < -0.39 is 10.0 Å². The van der Waals surface area contributed by atoms with Gasteiger partial charge in [-0.25, -0.2) is 8.42 Å². The van der Waals surface area contributed by atoms with Crippen LogP contribution in [0.25, 0.3) is 10.1 Å². The van der Waals surface area contributed by atoms with Gasteiger partial charge in [-0.05, 0) is 18.9 Å². The van der Waals surface area contributed by atoms with Crippen LogP contribution in [0, 0.1) is 0 Å². The van der Waals surface area contributed by atoms with Gasteiger partial charge in [-0.1, -0.05) is 25.1 Å². The van der Waals surface area contributed by atoms with E-state index in [1.807, 2.05) is 31.2 Å². The van der Waals surface area contributed by atoms with Crippen molar-refractivity contribution in [1.29, 1.82) is 0 Å². The Morgan fingerprint density at radius 1 is 1.35 bits per heavy atom. The van der Waals surface area contributed by atoms with Crippen LogP contribution in [0.3, 0.4) is 0 Å². The number of sulfonamides is 1. The molecule has 6 heteroatoms. The summed E-state index contributed by atoms with van der Waals surface area (Å²) in [6, 6.07) is 7.79. The molecule has 0 radical (unpaired) electrons. The first kappa shape index (κ1) is 14.3. The Morgan fingerprint density at radius 2 is 2.05 bits per heavy atom. The summed E-state index contributed by atoms with van der Waals surface area (Å²) in [5.41, 5.74) is 0. The Kier molecular flexibility index (Phi) is 3.79. The monoisotopic (exact) mass is 329 g/mol. The smallest absolute Gasteiger partial charge is 0.207 e. The molecule has 0 N–H and O–H groups in total. The second-order valence-electron chi connectivity index (χ2n) is 4.92. The van der Waals surface area contributed by atoms with Crippen molar-refractivity contribution < 1.29 is 8.42 Å². The van der Waals surface area contributed by atoms with E-state index in [4.69, 9.17) is 11.6 Å². The first-order chi connectivity index (χ1) is 9.59. The van der Waals surface area contributed by atoms with Gasteiger partial charge in [0.2, 0.25) is 10.0 Å². The van der Waals surface area contributed by atoms with Crippen molar-refractivity contribution in [3.8, 4) is 0 Å². The lowest BCUT2D eigenvalue weighted by Crippen LogP contribution is -2.33. The third-order valence-corrected chi connectivity index (χ3v) is 7.45. The number of halogens is 1. The minimum Gasteiger partial charge on any atom is -0.207 e. The Bertz CT molecular complexity index is 735. The van der Waals surface area contributed by atoms with Crippen molar-refractivity contribution >= 4 is 43.0 Å². The standard InChI is InChI=1S/C14H16ClNO2S2/c1-2-16(10-7-8-10)20(17,18)14-11-5-3-4-6-12(11)19-13(14)9-15/h3-6,10H,2,7-9H2,1H3. The van der Waals surface area contributed by atoms with Crippen LogP contribution in [0.15, 0.2) is 29.2 Å². The van der Waals surface area contributed by atoms with E-state index in [0.717, 1.165) is 27.8 Å². The van der Waals surface area contributed by atoms with Crippen LogP contribution >= 0.6 is 22.9 Å². The molecule has 1 aliphatic rings. The highest BCUT2D eigenvalue weighted by Gasteiger charge is 2.39. The van der Waals surface area contributed by atoms with E-state index in [9.17, 15) is 8.42 Å². The second kappa shape index (κ2) is 5.30. The number of benzene rings is 1. The number of hydrogen-bond acceptors (Lipinski definition) is 3. The molecule has 3 nitrogen and oxygen atoms in total. The molecule has 2 aromatic rings. The number of alkyl halides is 1. The highest BCUT2D eigenvalue weighted by Crippen LogP contribution is 2.40. The van der Waals surface area contributed by atoms with Gasteiger partial charge in [0.1, 0.15) is 4.90 Å².